The van der Waals surface area contributed by atoms with E-state index >= 15 is 0 Å². The van der Waals surface area contributed by atoms with E-state index in [-0.39, 0.29) is 27.9 Å². The normalized spacial score (nSPS) is 9.47. The van der Waals surface area contributed by atoms with E-state index in [0.717, 1.165) is 6.07 Å². The largest absolute Gasteiger partial charge is 0.494 e. The van der Waals surface area contributed by atoms with Crippen molar-refractivity contribution >= 4 is 27.4 Å². The van der Waals surface area contributed by atoms with Crippen LogP contribution in [-0.4, -0.2) is 23.1 Å². The Kier molecular flexibility index (Phi) is 4.17. The van der Waals surface area contributed by atoms with Crippen molar-refractivity contribution in [2.75, 3.05) is 12.4 Å². The highest BCUT2D eigenvalue weighted by Gasteiger charge is 2.26. The number of ether oxygens (including phenoxy) is 1. The number of Topliss-reactive ketones (excluding diaryl/α,β-unsaturated/α-hetero) is 1. The molecule has 0 amide bonds. The molecular weight excluding hydrogens is 292 g/mol. The van der Waals surface area contributed by atoms with Crippen LogP contribution < -0.4 is 4.74 Å². The van der Waals surface area contributed by atoms with Crippen molar-refractivity contribution in [2.24, 2.45) is 0 Å². The number of rotatable bonds is 4. The molecule has 0 atom stereocenters. The summed E-state index contributed by atoms with van der Waals surface area (Å²) < 4.78 is 4.91. The number of ketones is 1. The van der Waals surface area contributed by atoms with Gasteiger partial charge in [-0.3, -0.25) is 14.9 Å². The molecule has 1 rings (SSSR count). The van der Waals surface area contributed by atoms with E-state index in [0.29, 0.717) is 0 Å². The Morgan fingerprint density at radius 2 is 2.29 bits per heavy atom. The maximum absolute atomic E-state index is 11.6. The van der Waals surface area contributed by atoms with Gasteiger partial charge in [0.2, 0.25) is 0 Å². The Bertz CT molecular complexity index is 522. The van der Waals surface area contributed by atoms with Crippen LogP contribution in [0.2, 0.25) is 0 Å². The van der Waals surface area contributed by atoms with Gasteiger partial charge in [-0.1, -0.05) is 15.9 Å². The summed E-state index contributed by atoms with van der Waals surface area (Å²) >= 11 is 2.93. The van der Waals surface area contributed by atoms with Crippen molar-refractivity contribution in [3.05, 3.63) is 33.4 Å². The van der Waals surface area contributed by atoms with E-state index in [9.17, 15) is 14.9 Å². The number of carbonyl (C=O) groups is 1. The first-order chi connectivity index (χ1) is 8.06. The third kappa shape index (κ3) is 2.42. The molecule has 0 aliphatic rings. The SMILES string of the molecule is COc1c(C#N)ccc([N+](=O)[O-])c1C(=O)CBr. The summed E-state index contributed by atoms with van der Waals surface area (Å²) in [5, 5.41) is 19.6. The number of nitriles is 1. The molecule has 0 aliphatic carbocycles. The number of hydrogen-bond donors (Lipinski definition) is 0. The smallest absolute Gasteiger partial charge is 0.284 e. The molecule has 0 unspecified atom stereocenters. The molecule has 7 heteroatoms. The molecule has 0 radical (unpaired) electrons. The van der Waals surface area contributed by atoms with E-state index in [4.69, 9.17) is 10.00 Å². The third-order valence-electron chi connectivity index (χ3n) is 2.06. The summed E-state index contributed by atoms with van der Waals surface area (Å²) in [5.74, 6) is -0.572. The first kappa shape index (κ1) is 13.1. The lowest BCUT2D eigenvalue weighted by Crippen LogP contribution is -2.08. The van der Waals surface area contributed by atoms with Crippen LogP contribution in [0.15, 0.2) is 12.1 Å². The Morgan fingerprint density at radius 1 is 1.65 bits per heavy atom. The summed E-state index contributed by atoms with van der Waals surface area (Å²) in [7, 11) is 1.25. The first-order valence-electron chi connectivity index (χ1n) is 4.41. The maximum atomic E-state index is 11.6. The van der Waals surface area contributed by atoms with Crippen molar-refractivity contribution < 1.29 is 14.5 Å². The van der Waals surface area contributed by atoms with Gasteiger partial charge in [0, 0.05) is 6.07 Å². The van der Waals surface area contributed by atoms with Gasteiger partial charge < -0.3 is 4.74 Å². The standard InChI is InChI=1S/C10H7BrN2O4/c1-17-10-6(5-12)2-3-7(13(15)16)9(10)8(14)4-11/h2-3H,4H2,1H3. The molecule has 0 heterocycles. The van der Waals surface area contributed by atoms with Crippen LogP contribution in [0.3, 0.4) is 0 Å². The highest BCUT2D eigenvalue weighted by atomic mass is 79.9. The average molecular weight is 299 g/mol. The Morgan fingerprint density at radius 3 is 2.71 bits per heavy atom. The summed E-state index contributed by atoms with van der Waals surface area (Å²) in [6.45, 7) is 0. The molecule has 88 valence electrons. The van der Waals surface area contributed by atoms with Crippen LogP contribution in [0.1, 0.15) is 15.9 Å². The molecule has 0 aliphatic heterocycles. The molecule has 1 aromatic rings. The number of halogens is 1. The minimum atomic E-state index is -0.681. The monoisotopic (exact) mass is 298 g/mol. The Balaban J connectivity index is 3.63. The zero-order valence-corrected chi connectivity index (χ0v) is 10.4. The summed E-state index contributed by atoms with van der Waals surface area (Å²) in [6.07, 6.45) is 0. The highest BCUT2D eigenvalue weighted by Crippen LogP contribution is 2.32. The number of methoxy groups -OCH3 is 1. The highest BCUT2D eigenvalue weighted by molar-refractivity contribution is 9.09. The van der Waals surface area contributed by atoms with Gasteiger partial charge in [0.15, 0.2) is 11.5 Å². The minimum absolute atomic E-state index is 0.0637. The molecular formula is C10H7BrN2O4. The lowest BCUT2D eigenvalue weighted by atomic mass is 10.0. The molecule has 0 bridgehead atoms. The predicted octanol–water partition coefficient (Wildman–Crippen LogP) is 2.05. The zero-order valence-electron chi connectivity index (χ0n) is 8.77. The van der Waals surface area contributed by atoms with Gasteiger partial charge in [0.05, 0.1) is 22.9 Å². The fraction of sp³-hybridized carbons (Fsp3) is 0.200. The first-order valence-corrected chi connectivity index (χ1v) is 5.53. The van der Waals surface area contributed by atoms with E-state index in [2.05, 4.69) is 15.9 Å². The van der Waals surface area contributed by atoms with Crippen LogP contribution in [0.5, 0.6) is 5.75 Å². The third-order valence-corrected chi connectivity index (χ3v) is 2.57. The van der Waals surface area contributed by atoms with Gasteiger partial charge in [0.25, 0.3) is 5.69 Å². The van der Waals surface area contributed by atoms with Crippen LogP contribution in [0.4, 0.5) is 5.69 Å². The lowest BCUT2D eigenvalue weighted by Gasteiger charge is -2.08. The molecule has 0 fully saturated rings. The number of carbonyl (C=O) groups excluding carboxylic acids is 1. The molecule has 0 saturated carbocycles. The van der Waals surface area contributed by atoms with Gasteiger partial charge in [-0.15, -0.1) is 0 Å². The zero-order chi connectivity index (χ0) is 13.0. The molecule has 1 aromatic carbocycles. The number of benzene rings is 1. The Hall–Kier alpha value is -1.94. The van der Waals surface area contributed by atoms with Crippen molar-refractivity contribution in [2.45, 2.75) is 0 Å². The van der Waals surface area contributed by atoms with Crippen LogP contribution in [0, 0.1) is 21.4 Å². The van der Waals surface area contributed by atoms with Crippen LogP contribution in [-0.2, 0) is 0 Å². The van der Waals surface area contributed by atoms with Gasteiger partial charge in [-0.25, -0.2) is 0 Å². The quantitative estimate of drug-likeness (QED) is 0.367. The van der Waals surface area contributed by atoms with Crippen LogP contribution in [0.25, 0.3) is 0 Å². The molecule has 0 N–H and O–H groups in total. The van der Waals surface area contributed by atoms with Crippen molar-refractivity contribution in [1.29, 1.82) is 5.26 Å². The maximum Gasteiger partial charge on any atom is 0.284 e. The van der Waals surface area contributed by atoms with E-state index in [1.807, 2.05) is 6.07 Å². The summed E-state index contributed by atoms with van der Waals surface area (Å²) in [4.78, 5) is 21.8. The topological polar surface area (TPSA) is 93.2 Å². The average Bonchev–Trinajstić information content (AvgIpc) is 2.35. The second kappa shape index (κ2) is 5.41. The van der Waals surface area contributed by atoms with Crippen molar-refractivity contribution in [3.8, 4) is 11.8 Å². The van der Waals surface area contributed by atoms with Gasteiger partial charge in [0.1, 0.15) is 11.6 Å². The summed E-state index contributed by atoms with van der Waals surface area (Å²) in [5.41, 5.74) is -0.471. The molecule has 0 spiro atoms. The van der Waals surface area contributed by atoms with Crippen molar-refractivity contribution in [3.63, 3.8) is 0 Å². The number of hydrogen-bond acceptors (Lipinski definition) is 5. The molecule has 17 heavy (non-hydrogen) atoms. The van der Waals surface area contributed by atoms with Crippen LogP contribution >= 0.6 is 15.9 Å². The molecule has 6 nitrogen and oxygen atoms in total. The van der Waals surface area contributed by atoms with E-state index < -0.39 is 10.7 Å². The fourth-order valence-corrected chi connectivity index (χ4v) is 1.64. The van der Waals surface area contributed by atoms with Gasteiger partial charge >= 0.3 is 0 Å². The number of nitro benzene ring substituents is 1. The fourth-order valence-electron chi connectivity index (χ4n) is 1.36. The van der Waals surface area contributed by atoms with Gasteiger partial charge in [-0.2, -0.15) is 5.26 Å². The second-order valence-electron chi connectivity index (χ2n) is 2.97. The number of alkyl halides is 1. The number of nitro groups is 1. The van der Waals surface area contributed by atoms with Crippen molar-refractivity contribution in [1.82, 2.24) is 0 Å². The Labute approximate surface area is 105 Å². The molecule has 0 saturated heterocycles. The summed E-state index contributed by atoms with van der Waals surface area (Å²) in [6, 6.07) is 4.19. The number of nitrogens with zero attached hydrogens (tertiary/aromatic N) is 2. The minimum Gasteiger partial charge on any atom is -0.494 e. The van der Waals surface area contributed by atoms with E-state index in [1.165, 1.54) is 13.2 Å². The van der Waals surface area contributed by atoms with Gasteiger partial charge in [-0.05, 0) is 6.07 Å². The van der Waals surface area contributed by atoms with E-state index in [1.54, 1.807) is 0 Å². The molecule has 0 aromatic heterocycles. The lowest BCUT2D eigenvalue weighted by molar-refractivity contribution is -0.385. The second-order valence-corrected chi connectivity index (χ2v) is 3.53. The predicted molar refractivity (Wildman–Crippen MR) is 62.5 cm³/mol.